The molecule has 0 saturated carbocycles. The van der Waals surface area contributed by atoms with E-state index in [4.69, 9.17) is 4.74 Å². The number of carbonyl (C=O) groups is 1. The fraction of sp³-hybridized carbons (Fsp3) is 0.562. The molecule has 1 saturated heterocycles. The van der Waals surface area contributed by atoms with E-state index in [2.05, 4.69) is 24.0 Å². The van der Waals surface area contributed by atoms with Crippen molar-refractivity contribution >= 4 is 5.97 Å². The van der Waals surface area contributed by atoms with Gasteiger partial charge >= 0.3 is 5.97 Å². The Morgan fingerprint density at radius 3 is 2.60 bits per heavy atom. The molecule has 3 atom stereocenters. The van der Waals surface area contributed by atoms with Gasteiger partial charge in [-0.3, -0.25) is 9.69 Å². The number of carboxylic acids is 1. The number of nitrogens with zero attached hydrogens (tertiary/aromatic N) is 1. The summed E-state index contributed by atoms with van der Waals surface area (Å²) in [6.45, 7) is 4.87. The van der Waals surface area contributed by atoms with Crippen molar-refractivity contribution in [3.63, 3.8) is 0 Å². The van der Waals surface area contributed by atoms with Crippen LogP contribution in [0.15, 0.2) is 24.3 Å². The Morgan fingerprint density at radius 2 is 2.10 bits per heavy atom. The van der Waals surface area contributed by atoms with Gasteiger partial charge in [0.15, 0.2) is 0 Å². The summed E-state index contributed by atoms with van der Waals surface area (Å²) in [5, 5.41) is 9.32. The van der Waals surface area contributed by atoms with Crippen molar-refractivity contribution in [1.29, 1.82) is 0 Å². The van der Waals surface area contributed by atoms with E-state index in [9.17, 15) is 9.90 Å². The number of methoxy groups -OCH3 is 1. The zero-order valence-corrected chi connectivity index (χ0v) is 12.4. The first-order valence-corrected chi connectivity index (χ1v) is 7.19. The number of likely N-dealkylation sites (tertiary alicyclic amines) is 1. The van der Waals surface area contributed by atoms with E-state index in [1.807, 2.05) is 19.1 Å². The topological polar surface area (TPSA) is 49.8 Å². The minimum absolute atomic E-state index is 0.308. The largest absolute Gasteiger partial charge is 0.497 e. The van der Waals surface area contributed by atoms with Crippen molar-refractivity contribution in [3.05, 3.63) is 29.8 Å². The molecule has 20 heavy (non-hydrogen) atoms. The fourth-order valence-electron chi connectivity index (χ4n) is 3.16. The van der Waals surface area contributed by atoms with Crippen molar-refractivity contribution < 1.29 is 14.6 Å². The number of aliphatic carboxylic acids is 1. The molecule has 110 valence electrons. The SMILES string of the molecule is CC[C@H](C(=O)O)N1C[C@H](c2ccc(OC)cc2)C[C@@H]1C. The minimum Gasteiger partial charge on any atom is -0.497 e. The summed E-state index contributed by atoms with van der Waals surface area (Å²) in [5.74, 6) is 0.549. The summed E-state index contributed by atoms with van der Waals surface area (Å²) in [7, 11) is 1.66. The van der Waals surface area contributed by atoms with Crippen LogP contribution in [0.3, 0.4) is 0 Å². The molecule has 4 nitrogen and oxygen atoms in total. The monoisotopic (exact) mass is 277 g/mol. The molecule has 0 amide bonds. The first-order valence-electron chi connectivity index (χ1n) is 7.19. The van der Waals surface area contributed by atoms with Crippen LogP contribution in [0, 0.1) is 0 Å². The van der Waals surface area contributed by atoms with E-state index in [-0.39, 0.29) is 6.04 Å². The number of carboxylic acid groups (broad SMARTS) is 1. The Kier molecular flexibility index (Phi) is 4.65. The van der Waals surface area contributed by atoms with Gasteiger partial charge in [-0.25, -0.2) is 0 Å². The van der Waals surface area contributed by atoms with E-state index in [1.54, 1.807) is 7.11 Å². The second-order valence-electron chi connectivity index (χ2n) is 5.51. The molecule has 2 rings (SSSR count). The number of benzene rings is 1. The van der Waals surface area contributed by atoms with Crippen LogP contribution in [-0.4, -0.2) is 41.7 Å². The Bertz CT molecular complexity index is 457. The first-order chi connectivity index (χ1) is 9.56. The van der Waals surface area contributed by atoms with Gasteiger partial charge in [0, 0.05) is 12.6 Å². The molecule has 0 unspecified atom stereocenters. The normalized spacial score (nSPS) is 24.6. The molecule has 0 aliphatic carbocycles. The highest BCUT2D eigenvalue weighted by molar-refractivity contribution is 5.73. The van der Waals surface area contributed by atoms with E-state index >= 15 is 0 Å². The van der Waals surface area contributed by atoms with Crippen LogP contribution in [0.25, 0.3) is 0 Å². The molecule has 0 bridgehead atoms. The van der Waals surface area contributed by atoms with Crippen molar-refractivity contribution in [2.24, 2.45) is 0 Å². The molecule has 0 aromatic heterocycles. The van der Waals surface area contributed by atoms with Crippen LogP contribution in [0.5, 0.6) is 5.75 Å². The zero-order valence-electron chi connectivity index (χ0n) is 12.4. The summed E-state index contributed by atoms with van der Waals surface area (Å²) < 4.78 is 5.17. The standard InChI is InChI=1S/C16H23NO3/c1-4-15(16(18)19)17-10-13(9-11(17)2)12-5-7-14(20-3)8-6-12/h5-8,11,13,15H,4,9-10H2,1-3H3,(H,18,19)/t11-,13+,15+/m0/s1. The highest BCUT2D eigenvalue weighted by Crippen LogP contribution is 2.34. The highest BCUT2D eigenvalue weighted by Gasteiger charge is 2.36. The van der Waals surface area contributed by atoms with E-state index in [0.717, 1.165) is 18.7 Å². The number of ether oxygens (including phenoxy) is 1. The molecular weight excluding hydrogens is 254 g/mol. The van der Waals surface area contributed by atoms with Gasteiger partial charge in [0.2, 0.25) is 0 Å². The summed E-state index contributed by atoms with van der Waals surface area (Å²) >= 11 is 0. The predicted octanol–water partition coefficient (Wildman–Crippen LogP) is 2.74. The fourth-order valence-corrected chi connectivity index (χ4v) is 3.16. The summed E-state index contributed by atoms with van der Waals surface area (Å²) in [6.07, 6.45) is 1.66. The third-order valence-corrected chi connectivity index (χ3v) is 4.28. The Labute approximate surface area is 120 Å². The maximum absolute atomic E-state index is 11.3. The van der Waals surface area contributed by atoms with Gasteiger partial charge in [-0.1, -0.05) is 19.1 Å². The summed E-state index contributed by atoms with van der Waals surface area (Å²) in [4.78, 5) is 13.5. The lowest BCUT2D eigenvalue weighted by Crippen LogP contribution is -2.42. The van der Waals surface area contributed by atoms with Crippen molar-refractivity contribution in [2.45, 2.75) is 44.7 Å². The molecule has 1 aliphatic rings. The van der Waals surface area contributed by atoms with Gasteiger partial charge in [-0.15, -0.1) is 0 Å². The molecule has 1 heterocycles. The lowest BCUT2D eigenvalue weighted by molar-refractivity contribution is -0.143. The number of rotatable bonds is 5. The average Bonchev–Trinajstić information content (AvgIpc) is 2.81. The second-order valence-corrected chi connectivity index (χ2v) is 5.51. The van der Waals surface area contributed by atoms with Gasteiger partial charge < -0.3 is 9.84 Å². The molecule has 0 spiro atoms. The van der Waals surface area contributed by atoms with Crippen LogP contribution < -0.4 is 4.74 Å². The van der Waals surface area contributed by atoms with E-state index < -0.39 is 5.97 Å². The first kappa shape index (κ1) is 14.9. The van der Waals surface area contributed by atoms with E-state index in [0.29, 0.717) is 18.4 Å². The van der Waals surface area contributed by atoms with Gasteiger partial charge in [0.25, 0.3) is 0 Å². The molecule has 1 aromatic rings. The lowest BCUT2D eigenvalue weighted by atomic mass is 9.97. The Morgan fingerprint density at radius 1 is 1.45 bits per heavy atom. The molecule has 1 aromatic carbocycles. The maximum Gasteiger partial charge on any atom is 0.320 e. The van der Waals surface area contributed by atoms with Gasteiger partial charge in [0.05, 0.1) is 7.11 Å². The molecule has 4 heteroatoms. The van der Waals surface area contributed by atoms with Crippen LogP contribution in [0.1, 0.15) is 38.2 Å². The van der Waals surface area contributed by atoms with Crippen LogP contribution in [0.2, 0.25) is 0 Å². The molecule has 0 radical (unpaired) electrons. The van der Waals surface area contributed by atoms with Crippen molar-refractivity contribution in [1.82, 2.24) is 4.90 Å². The Hall–Kier alpha value is -1.55. The average molecular weight is 277 g/mol. The summed E-state index contributed by atoms with van der Waals surface area (Å²) in [6, 6.07) is 8.05. The van der Waals surface area contributed by atoms with Crippen molar-refractivity contribution in [2.75, 3.05) is 13.7 Å². The lowest BCUT2D eigenvalue weighted by Gasteiger charge is -2.27. The van der Waals surface area contributed by atoms with Crippen molar-refractivity contribution in [3.8, 4) is 5.75 Å². The van der Waals surface area contributed by atoms with Crippen LogP contribution in [0.4, 0.5) is 0 Å². The third-order valence-electron chi connectivity index (χ3n) is 4.28. The molecule has 1 fully saturated rings. The molecule has 1 N–H and O–H groups in total. The number of hydrogen-bond acceptors (Lipinski definition) is 3. The Balaban J connectivity index is 2.11. The minimum atomic E-state index is -0.713. The third kappa shape index (κ3) is 2.96. The zero-order chi connectivity index (χ0) is 14.7. The molecular formula is C16H23NO3. The van der Waals surface area contributed by atoms with Gasteiger partial charge in [-0.05, 0) is 43.4 Å². The maximum atomic E-state index is 11.3. The van der Waals surface area contributed by atoms with Crippen LogP contribution >= 0.6 is 0 Å². The molecule has 1 aliphatic heterocycles. The van der Waals surface area contributed by atoms with Gasteiger partial charge in [0.1, 0.15) is 11.8 Å². The second kappa shape index (κ2) is 6.27. The quantitative estimate of drug-likeness (QED) is 0.899. The highest BCUT2D eigenvalue weighted by atomic mass is 16.5. The summed E-state index contributed by atoms with van der Waals surface area (Å²) in [5.41, 5.74) is 1.26. The van der Waals surface area contributed by atoms with Gasteiger partial charge in [-0.2, -0.15) is 0 Å². The predicted molar refractivity (Wildman–Crippen MR) is 78.2 cm³/mol. The number of hydrogen-bond donors (Lipinski definition) is 1. The van der Waals surface area contributed by atoms with Crippen LogP contribution in [-0.2, 0) is 4.79 Å². The van der Waals surface area contributed by atoms with E-state index in [1.165, 1.54) is 5.56 Å². The smallest absolute Gasteiger partial charge is 0.320 e.